The lowest BCUT2D eigenvalue weighted by Gasteiger charge is -2.21. The smallest absolute Gasteiger partial charge is 0.164 e. The number of hydrogen-bond acceptors (Lipinski definition) is 5. The molecule has 4 aromatic heterocycles. The molecule has 0 spiro atoms. The lowest BCUT2D eigenvalue weighted by molar-refractivity contribution is 0.668. The van der Waals surface area contributed by atoms with Gasteiger partial charge in [-0.2, -0.15) is 0 Å². The van der Waals surface area contributed by atoms with E-state index in [4.69, 9.17) is 23.8 Å². The van der Waals surface area contributed by atoms with Crippen molar-refractivity contribution in [3.63, 3.8) is 0 Å². The van der Waals surface area contributed by atoms with Crippen LogP contribution in [-0.4, -0.2) is 19.5 Å². The Balaban J connectivity index is 1.13. The summed E-state index contributed by atoms with van der Waals surface area (Å²) in [6, 6.07) is 73.3. The van der Waals surface area contributed by atoms with Crippen LogP contribution < -0.4 is 0 Å². The van der Waals surface area contributed by atoms with E-state index in [1.165, 1.54) is 5.56 Å². The first-order chi connectivity index (χ1) is 34.6. The summed E-state index contributed by atoms with van der Waals surface area (Å²) in [5.74, 6) is 1.59. The van der Waals surface area contributed by atoms with Gasteiger partial charge in [-0.05, 0) is 83.8 Å². The van der Waals surface area contributed by atoms with Crippen molar-refractivity contribution in [3.05, 3.63) is 236 Å². The van der Waals surface area contributed by atoms with E-state index in [0.717, 1.165) is 116 Å². The maximum Gasteiger partial charge on any atom is 0.164 e. The normalized spacial score (nSPS) is 11.9. The molecule has 6 nitrogen and oxygen atoms in total. The molecule has 0 fully saturated rings. The second-order valence-corrected chi connectivity index (χ2v) is 17.6. The molecule has 0 amide bonds. The van der Waals surface area contributed by atoms with Gasteiger partial charge in [-0.1, -0.05) is 176 Å². The van der Waals surface area contributed by atoms with Crippen molar-refractivity contribution in [1.82, 2.24) is 19.5 Å². The molecular weight excluding hydrogens is 857 g/mol. The highest BCUT2D eigenvalue weighted by atomic mass is 16.3. The Bertz CT molecular complexity index is 4010. The van der Waals surface area contributed by atoms with Gasteiger partial charge in [-0.15, -0.1) is 0 Å². The number of nitrogens with zero attached hydrogens (tertiary/aromatic N) is 4. The molecule has 0 aliphatic carbocycles. The number of rotatable bonds is 9. The number of furan rings is 2. The maximum absolute atomic E-state index is 6.42. The summed E-state index contributed by atoms with van der Waals surface area (Å²) in [5.41, 5.74) is 16.2. The molecule has 330 valence electrons. The second kappa shape index (κ2) is 16.7. The highest BCUT2D eigenvalue weighted by molar-refractivity contribution is 6.13. The van der Waals surface area contributed by atoms with Crippen LogP contribution in [0, 0.1) is 0 Å². The molecule has 0 saturated carbocycles. The van der Waals surface area contributed by atoms with Crippen molar-refractivity contribution in [3.8, 4) is 62.1 Å². The predicted octanol–water partition coefficient (Wildman–Crippen LogP) is 17.2. The maximum atomic E-state index is 6.42. The fourth-order valence-electron chi connectivity index (χ4n) is 10.2. The van der Waals surface area contributed by atoms with Crippen molar-refractivity contribution >= 4 is 72.5 Å². The van der Waals surface area contributed by atoms with Gasteiger partial charge in [-0.3, -0.25) is 0 Å². The summed E-state index contributed by atoms with van der Waals surface area (Å²) in [6.45, 7) is 6.66. The summed E-state index contributed by atoms with van der Waals surface area (Å²) < 4.78 is 15.2. The van der Waals surface area contributed by atoms with Gasteiger partial charge < -0.3 is 13.4 Å². The number of fused-ring (bicyclic) bond motifs is 7. The molecule has 4 heterocycles. The minimum Gasteiger partial charge on any atom is -0.456 e. The van der Waals surface area contributed by atoms with Crippen molar-refractivity contribution in [2.75, 3.05) is 0 Å². The Kier molecular flexibility index (Phi) is 9.77. The molecule has 6 heteroatoms. The topological polar surface area (TPSA) is 69.9 Å². The summed E-state index contributed by atoms with van der Waals surface area (Å²) in [7, 11) is 0. The molecule has 0 bridgehead atoms. The van der Waals surface area contributed by atoms with Gasteiger partial charge in [0, 0.05) is 60.3 Å². The summed E-state index contributed by atoms with van der Waals surface area (Å²) in [4.78, 5) is 16.3. The van der Waals surface area contributed by atoms with Crippen molar-refractivity contribution < 1.29 is 8.83 Å². The third kappa shape index (κ3) is 6.76. The van der Waals surface area contributed by atoms with Crippen molar-refractivity contribution in [2.45, 2.75) is 6.92 Å². The predicted molar refractivity (Wildman–Crippen MR) is 288 cm³/mol. The molecule has 0 saturated heterocycles. The molecule has 0 unspecified atom stereocenters. The van der Waals surface area contributed by atoms with Gasteiger partial charge in [0.2, 0.25) is 0 Å². The van der Waals surface area contributed by atoms with E-state index in [-0.39, 0.29) is 0 Å². The number of benzene rings is 9. The lowest BCUT2D eigenvalue weighted by Crippen LogP contribution is -2.05. The third-order valence-electron chi connectivity index (χ3n) is 13.4. The average Bonchev–Trinajstić information content (AvgIpc) is 4.10. The first kappa shape index (κ1) is 40.8. The molecule has 70 heavy (non-hydrogen) atoms. The largest absolute Gasteiger partial charge is 0.456 e. The summed E-state index contributed by atoms with van der Waals surface area (Å²) in [5, 5.41) is 5.01. The van der Waals surface area contributed by atoms with Crippen LogP contribution in [0.25, 0.3) is 135 Å². The molecule has 0 aliphatic heterocycles. The first-order valence-corrected chi connectivity index (χ1v) is 23.5. The van der Waals surface area contributed by atoms with Crippen LogP contribution in [0.2, 0.25) is 0 Å². The Hall–Kier alpha value is -9.39. The molecule has 0 atom stereocenters. The van der Waals surface area contributed by atoms with Crippen LogP contribution in [-0.2, 0) is 0 Å². The number of hydrogen-bond donors (Lipinski definition) is 0. The van der Waals surface area contributed by atoms with E-state index in [2.05, 4.69) is 176 Å². The van der Waals surface area contributed by atoms with E-state index < -0.39 is 0 Å². The molecule has 0 aliphatic rings. The van der Waals surface area contributed by atoms with E-state index in [0.29, 0.717) is 17.5 Å². The fraction of sp³-hybridized carbons (Fsp3) is 0.0156. The molecule has 9 aromatic carbocycles. The van der Waals surface area contributed by atoms with Gasteiger partial charge in [0.05, 0.1) is 16.9 Å². The third-order valence-corrected chi connectivity index (χ3v) is 13.4. The SMILES string of the molecule is C=Cc1c(/C=C(\C)c2ccccc2)c2ccccc2n1-c1c(-c2ccccc2)cc(-c2nc(-c3cccc4oc5ccccc5c34)nc(-c3cccc4oc5ccccc5c34)n2)cc1-c1ccccc1. The van der Waals surface area contributed by atoms with E-state index >= 15 is 0 Å². The van der Waals surface area contributed by atoms with Gasteiger partial charge in [0.1, 0.15) is 22.3 Å². The first-order valence-electron chi connectivity index (χ1n) is 23.5. The fourth-order valence-corrected chi connectivity index (χ4v) is 10.2. The van der Waals surface area contributed by atoms with Crippen LogP contribution in [0.1, 0.15) is 23.7 Å². The molecule has 0 N–H and O–H groups in total. The number of aromatic nitrogens is 4. The quantitative estimate of drug-likeness (QED) is 0.144. The zero-order valence-electron chi connectivity index (χ0n) is 38.2. The van der Waals surface area contributed by atoms with Crippen LogP contribution in [0.4, 0.5) is 0 Å². The molecule has 13 aromatic rings. The lowest BCUT2D eigenvalue weighted by atomic mass is 9.92. The number of para-hydroxylation sites is 3. The summed E-state index contributed by atoms with van der Waals surface area (Å²) >= 11 is 0. The van der Waals surface area contributed by atoms with Crippen molar-refractivity contribution in [1.29, 1.82) is 0 Å². The van der Waals surface area contributed by atoms with E-state index in [9.17, 15) is 0 Å². The Morgan fingerprint density at radius 2 is 0.900 bits per heavy atom. The zero-order chi connectivity index (χ0) is 46.7. The van der Waals surface area contributed by atoms with Crippen LogP contribution in [0.5, 0.6) is 0 Å². The van der Waals surface area contributed by atoms with Crippen molar-refractivity contribution in [2.24, 2.45) is 0 Å². The Morgan fingerprint density at radius 3 is 1.44 bits per heavy atom. The second-order valence-electron chi connectivity index (χ2n) is 17.6. The van der Waals surface area contributed by atoms with E-state index in [1.54, 1.807) is 0 Å². The highest BCUT2D eigenvalue weighted by Gasteiger charge is 2.26. The monoisotopic (exact) mass is 898 g/mol. The summed E-state index contributed by atoms with van der Waals surface area (Å²) in [6.07, 6.45) is 4.29. The van der Waals surface area contributed by atoms with Gasteiger partial charge in [-0.25, -0.2) is 15.0 Å². The molecule has 0 radical (unpaired) electrons. The Morgan fingerprint density at radius 1 is 0.443 bits per heavy atom. The minimum atomic E-state index is 0.527. The average molecular weight is 899 g/mol. The van der Waals surface area contributed by atoms with E-state index in [1.807, 2.05) is 66.7 Å². The minimum absolute atomic E-state index is 0.527. The van der Waals surface area contributed by atoms with Crippen LogP contribution in [0.15, 0.2) is 228 Å². The van der Waals surface area contributed by atoms with Crippen LogP contribution in [0.3, 0.4) is 0 Å². The zero-order valence-corrected chi connectivity index (χ0v) is 38.2. The number of allylic oxidation sites excluding steroid dienone is 1. The molecular formula is C64H42N4O2. The van der Waals surface area contributed by atoms with Gasteiger partial charge in [0.15, 0.2) is 17.5 Å². The molecule has 13 rings (SSSR count). The van der Waals surface area contributed by atoms with Gasteiger partial charge in [0.25, 0.3) is 0 Å². The van der Waals surface area contributed by atoms with Crippen LogP contribution >= 0.6 is 0 Å². The highest BCUT2D eigenvalue weighted by Crippen LogP contribution is 2.45. The standard InChI is InChI=1S/C64H42N4O2/c1-3-53-52(37-40(2)41-21-7-4-8-22-41)45-27-13-16-32-54(45)68(53)61-50(42-23-9-5-10-24-42)38-44(39-51(61)43-25-11-6-12-26-43)62-65-63(48-30-19-35-57-59(48)46-28-14-17-33-55(46)69-57)67-64(66-62)49-31-20-36-58-60(49)47-29-15-18-34-56(47)70-58/h3-39H,1H2,2H3/b40-37+. The van der Waals surface area contributed by atoms with Gasteiger partial charge >= 0.3 is 0 Å². The Labute approximate surface area is 403 Å².